The van der Waals surface area contributed by atoms with E-state index in [1.165, 1.54) is 31.5 Å². The van der Waals surface area contributed by atoms with Crippen LogP contribution in [-0.4, -0.2) is 24.6 Å². The highest BCUT2D eigenvalue weighted by atomic mass is 35.5. The average Bonchev–Trinajstić information content (AvgIpc) is 2.83. The van der Waals surface area contributed by atoms with Crippen LogP contribution in [0.5, 0.6) is 5.75 Å². The van der Waals surface area contributed by atoms with Crippen LogP contribution in [0, 0.1) is 0 Å². The van der Waals surface area contributed by atoms with Gasteiger partial charge in [0, 0.05) is 10.6 Å². The number of benzene rings is 1. The third-order valence-corrected chi connectivity index (χ3v) is 3.54. The Bertz CT molecular complexity index is 374. The topological polar surface area (TPSA) is 12.5 Å². The summed E-state index contributed by atoms with van der Waals surface area (Å²) >= 11 is 6.02. The minimum atomic E-state index is 0.432. The van der Waals surface area contributed by atoms with Gasteiger partial charge in [0.15, 0.2) is 0 Å². The van der Waals surface area contributed by atoms with Crippen LogP contribution in [0.15, 0.2) is 18.2 Å². The Kier molecular flexibility index (Phi) is 2.33. The van der Waals surface area contributed by atoms with Gasteiger partial charge in [0.2, 0.25) is 0 Å². The maximum absolute atomic E-state index is 6.02. The monoisotopic (exact) mass is 223 g/mol. The van der Waals surface area contributed by atoms with Crippen LogP contribution in [-0.2, 0) is 0 Å². The molecule has 1 aromatic rings. The molecule has 2 heterocycles. The predicted octanol–water partition coefficient (Wildman–Crippen LogP) is 2.87. The van der Waals surface area contributed by atoms with Gasteiger partial charge in [-0.15, -0.1) is 0 Å². The summed E-state index contributed by atoms with van der Waals surface area (Å²) in [7, 11) is 0. The number of halogens is 1. The average molecular weight is 224 g/mol. The fourth-order valence-corrected chi connectivity index (χ4v) is 2.71. The standard InChI is InChI=1S/C12H14ClNO/c13-9-3-4-12-10(7-9)11(8-15-12)14-5-1-2-6-14/h3-4,7,11H,1-2,5-6,8H2/t11-/m1/s1. The van der Waals surface area contributed by atoms with Gasteiger partial charge < -0.3 is 4.74 Å². The Hall–Kier alpha value is -0.730. The van der Waals surface area contributed by atoms with Crippen LogP contribution in [0.1, 0.15) is 24.4 Å². The van der Waals surface area contributed by atoms with Crippen molar-refractivity contribution in [1.82, 2.24) is 4.90 Å². The number of nitrogens with zero attached hydrogens (tertiary/aromatic N) is 1. The first-order chi connectivity index (χ1) is 7.34. The third-order valence-electron chi connectivity index (χ3n) is 3.31. The SMILES string of the molecule is Clc1ccc2c(c1)[C@H](N1CCCC1)CO2. The lowest BCUT2D eigenvalue weighted by molar-refractivity contribution is 0.195. The molecule has 2 nitrogen and oxygen atoms in total. The molecule has 0 radical (unpaired) electrons. The highest BCUT2D eigenvalue weighted by Gasteiger charge is 2.31. The van der Waals surface area contributed by atoms with Gasteiger partial charge in [-0.2, -0.15) is 0 Å². The Balaban J connectivity index is 1.92. The normalized spacial score (nSPS) is 25.3. The highest BCUT2D eigenvalue weighted by molar-refractivity contribution is 6.30. The molecule has 3 heteroatoms. The van der Waals surface area contributed by atoms with E-state index in [1.54, 1.807) is 0 Å². The molecule has 1 saturated heterocycles. The molecular weight excluding hydrogens is 210 g/mol. The van der Waals surface area contributed by atoms with Crippen molar-refractivity contribution in [2.45, 2.75) is 18.9 Å². The molecule has 3 rings (SSSR count). The Morgan fingerprint density at radius 1 is 1.27 bits per heavy atom. The van der Waals surface area contributed by atoms with E-state index in [9.17, 15) is 0 Å². The van der Waals surface area contributed by atoms with E-state index < -0.39 is 0 Å². The second-order valence-electron chi connectivity index (χ2n) is 4.25. The molecule has 0 spiro atoms. The van der Waals surface area contributed by atoms with Gasteiger partial charge in [-0.3, -0.25) is 4.90 Å². The molecule has 0 saturated carbocycles. The molecule has 0 aromatic heterocycles. The molecule has 0 aliphatic carbocycles. The fraction of sp³-hybridized carbons (Fsp3) is 0.500. The van der Waals surface area contributed by atoms with Crippen molar-refractivity contribution < 1.29 is 4.74 Å². The summed E-state index contributed by atoms with van der Waals surface area (Å²) in [5.74, 6) is 1.01. The fourth-order valence-electron chi connectivity index (χ4n) is 2.53. The number of fused-ring (bicyclic) bond motifs is 1. The highest BCUT2D eigenvalue weighted by Crippen LogP contribution is 2.38. The van der Waals surface area contributed by atoms with Gasteiger partial charge in [0.25, 0.3) is 0 Å². The number of hydrogen-bond acceptors (Lipinski definition) is 2. The van der Waals surface area contributed by atoms with E-state index in [2.05, 4.69) is 4.90 Å². The second kappa shape index (κ2) is 3.69. The largest absolute Gasteiger partial charge is 0.491 e. The molecule has 1 fully saturated rings. The second-order valence-corrected chi connectivity index (χ2v) is 4.69. The van der Waals surface area contributed by atoms with Gasteiger partial charge in [-0.05, 0) is 44.1 Å². The lowest BCUT2D eigenvalue weighted by Crippen LogP contribution is -2.26. The first-order valence-corrected chi connectivity index (χ1v) is 5.89. The summed E-state index contributed by atoms with van der Waals surface area (Å²) in [6.07, 6.45) is 2.62. The van der Waals surface area contributed by atoms with Crippen LogP contribution in [0.3, 0.4) is 0 Å². The maximum atomic E-state index is 6.02. The Morgan fingerprint density at radius 3 is 2.87 bits per heavy atom. The zero-order valence-electron chi connectivity index (χ0n) is 8.58. The Labute approximate surface area is 94.8 Å². The van der Waals surface area contributed by atoms with E-state index in [-0.39, 0.29) is 0 Å². The summed E-state index contributed by atoms with van der Waals surface area (Å²) in [4.78, 5) is 2.50. The summed E-state index contributed by atoms with van der Waals surface area (Å²) in [6, 6.07) is 6.36. The van der Waals surface area contributed by atoms with Gasteiger partial charge >= 0.3 is 0 Å². The van der Waals surface area contributed by atoms with E-state index in [4.69, 9.17) is 16.3 Å². The van der Waals surface area contributed by atoms with E-state index in [0.29, 0.717) is 6.04 Å². The van der Waals surface area contributed by atoms with Crippen LogP contribution in [0.4, 0.5) is 0 Å². The molecular formula is C12H14ClNO. The molecule has 80 valence electrons. The molecule has 2 aliphatic rings. The third kappa shape index (κ3) is 1.62. The van der Waals surface area contributed by atoms with E-state index in [0.717, 1.165) is 17.4 Å². The number of likely N-dealkylation sites (tertiary alicyclic amines) is 1. The molecule has 0 bridgehead atoms. The molecule has 0 amide bonds. The molecule has 1 atom stereocenters. The van der Waals surface area contributed by atoms with Crippen LogP contribution < -0.4 is 4.74 Å². The summed E-state index contributed by atoms with van der Waals surface area (Å²) in [5, 5.41) is 0.809. The van der Waals surface area contributed by atoms with Gasteiger partial charge in [0.05, 0.1) is 6.04 Å². The quantitative estimate of drug-likeness (QED) is 0.726. The van der Waals surface area contributed by atoms with Crippen LogP contribution in [0.25, 0.3) is 0 Å². The van der Waals surface area contributed by atoms with Gasteiger partial charge in [0.1, 0.15) is 12.4 Å². The van der Waals surface area contributed by atoms with Crippen LogP contribution in [0.2, 0.25) is 5.02 Å². The first kappa shape index (κ1) is 9.49. The molecule has 0 N–H and O–H groups in total. The van der Waals surface area contributed by atoms with Gasteiger partial charge in [-0.25, -0.2) is 0 Å². The number of rotatable bonds is 1. The summed E-state index contributed by atoms with van der Waals surface area (Å²) < 4.78 is 5.68. The first-order valence-electron chi connectivity index (χ1n) is 5.51. The van der Waals surface area contributed by atoms with Crippen molar-refractivity contribution in [2.24, 2.45) is 0 Å². The molecule has 15 heavy (non-hydrogen) atoms. The van der Waals surface area contributed by atoms with Crippen molar-refractivity contribution in [3.63, 3.8) is 0 Å². The van der Waals surface area contributed by atoms with Crippen molar-refractivity contribution in [3.8, 4) is 5.75 Å². The lowest BCUT2D eigenvalue weighted by Gasteiger charge is -2.21. The minimum absolute atomic E-state index is 0.432. The zero-order chi connectivity index (χ0) is 10.3. The van der Waals surface area contributed by atoms with E-state index >= 15 is 0 Å². The molecule has 1 aromatic carbocycles. The smallest absolute Gasteiger partial charge is 0.124 e. The number of ether oxygens (including phenoxy) is 1. The zero-order valence-corrected chi connectivity index (χ0v) is 9.33. The lowest BCUT2D eigenvalue weighted by atomic mass is 10.1. The van der Waals surface area contributed by atoms with Gasteiger partial charge in [-0.1, -0.05) is 11.6 Å². The molecule has 2 aliphatic heterocycles. The maximum Gasteiger partial charge on any atom is 0.124 e. The summed E-state index contributed by atoms with van der Waals surface area (Å²) in [5.41, 5.74) is 1.27. The minimum Gasteiger partial charge on any atom is -0.491 e. The van der Waals surface area contributed by atoms with Crippen molar-refractivity contribution in [2.75, 3.05) is 19.7 Å². The number of hydrogen-bond donors (Lipinski definition) is 0. The summed E-state index contributed by atoms with van der Waals surface area (Å²) in [6.45, 7) is 3.18. The van der Waals surface area contributed by atoms with Crippen molar-refractivity contribution in [3.05, 3.63) is 28.8 Å². The van der Waals surface area contributed by atoms with Crippen molar-refractivity contribution >= 4 is 11.6 Å². The molecule has 0 unspecified atom stereocenters. The predicted molar refractivity (Wildman–Crippen MR) is 60.5 cm³/mol. The Morgan fingerprint density at radius 2 is 2.07 bits per heavy atom. The van der Waals surface area contributed by atoms with E-state index in [1.807, 2.05) is 18.2 Å². The van der Waals surface area contributed by atoms with Crippen LogP contribution >= 0.6 is 11.6 Å². The van der Waals surface area contributed by atoms with Crippen molar-refractivity contribution in [1.29, 1.82) is 0 Å².